The molecule has 1 fully saturated rings. The molecule has 0 bridgehead atoms. The van der Waals surface area contributed by atoms with Gasteiger partial charge in [-0.25, -0.2) is 0 Å². The number of hydrogen-bond acceptors (Lipinski definition) is 3. The highest BCUT2D eigenvalue weighted by Crippen LogP contribution is 2.41. The first-order valence-corrected chi connectivity index (χ1v) is 14.3. The standard InChI is InChI=1S/C27H32O3SSi/c1-20-16-18-22(19-17-20)31(28)26-25(29-26)21(2)30-32(27(3,4)5,23-12-8-6-9-13-23)24-14-10-7-11-15-24/h6-19,21,25-26H,1-5H3/t21-,25+,26-,31+/m0/s1. The van der Waals surface area contributed by atoms with Crippen molar-refractivity contribution in [3.05, 3.63) is 90.5 Å². The van der Waals surface area contributed by atoms with E-state index in [9.17, 15) is 4.21 Å². The minimum Gasteiger partial charge on any atom is -0.402 e. The van der Waals surface area contributed by atoms with Crippen molar-refractivity contribution in [1.82, 2.24) is 0 Å². The second-order valence-electron chi connectivity index (χ2n) is 9.57. The zero-order chi connectivity index (χ0) is 22.9. The van der Waals surface area contributed by atoms with Crippen LogP contribution >= 0.6 is 0 Å². The summed E-state index contributed by atoms with van der Waals surface area (Å²) < 4.78 is 26.1. The summed E-state index contributed by atoms with van der Waals surface area (Å²) in [6.45, 7) is 10.9. The Labute approximate surface area is 195 Å². The molecule has 0 radical (unpaired) electrons. The Balaban J connectivity index is 1.65. The third-order valence-electron chi connectivity index (χ3n) is 6.19. The van der Waals surface area contributed by atoms with Gasteiger partial charge in [0.1, 0.15) is 6.10 Å². The first kappa shape index (κ1) is 23.1. The molecule has 168 valence electrons. The van der Waals surface area contributed by atoms with Gasteiger partial charge in [-0.2, -0.15) is 0 Å². The lowest BCUT2D eigenvalue weighted by Crippen LogP contribution is -2.68. The Morgan fingerprint density at radius 2 is 1.38 bits per heavy atom. The van der Waals surface area contributed by atoms with Crippen molar-refractivity contribution in [3.63, 3.8) is 0 Å². The molecule has 4 rings (SSSR count). The summed E-state index contributed by atoms with van der Waals surface area (Å²) in [5, 5.41) is 2.37. The van der Waals surface area contributed by atoms with Crippen LogP contribution in [-0.4, -0.2) is 30.2 Å². The lowest BCUT2D eigenvalue weighted by molar-refractivity contribution is 0.164. The predicted molar refractivity (Wildman–Crippen MR) is 134 cm³/mol. The maximum absolute atomic E-state index is 13.1. The van der Waals surface area contributed by atoms with Gasteiger partial charge in [0.05, 0.1) is 16.9 Å². The van der Waals surface area contributed by atoms with Crippen LogP contribution < -0.4 is 10.4 Å². The fourth-order valence-electron chi connectivity index (χ4n) is 4.46. The molecule has 32 heavy (non-hydrogen) atoms. The van der Waals surface area contributed by atoms with Gasteiger partial charge in [-0.3, -0.25) is 4.21 Å². The molecule has 3 aromatic carbocycles. The van der Waals surface area contributed by atoms with Crippen molar-refractivity contribution in [2.75, 3.05) is 0 Å². The lowest BCUT2D eigenvalue weighted by Gasteiger charge is -2.44. The molecule has 5 heteroatoms. The van der Waals surface area contributed by atoms with Gasteiger partial charge in [-0.1, -0.05) is 99.1 Å². The Hall–Kier alpha value is -2.05. The molecule has 1 saturated heterocycles. The SMILES string of the molecule is Cc1ccc([S@@](=O)[C@@H]2O[C@@H]2[C@H](C)O[Si](c2ccccc2)(c2ccccc2)C(C)(C)C)cc1. The van der Waals surface area contributed by atoms with Crippen LogP contribution in [0.3, 0.4) is 0 Å². The predicted octanol–water partition coefficient (Wildman–Crippen LogP) is 4.79. The topological polar surface area (TPSA) is 38.8 Å². The highest BCUT2D eigenvalue weighted by Gasteiger charge is 2.55. The van der Waals surface area contributed by atoms with Crippen molar-refractivity contribution in [2.24, 2.45) is 0 Å². The summed E-state index contributed by atoms with van der Waals surface area (Å²) in [5.74, 6) is 0. The molecular formula is C27H32O3SSi. The minimum absolute atomic E-state index is 0.107. The highest BCUT2D eigenvalue weighted by atomic mass is 32.2. The van der Waals surface area contributed by atoms with E-state index in [0.717, 1.165) is 10.5 Å². The molecular weight excluding hydrogens is 432 g/mol. The van der Waals surface area contributed by atoms with E-state index < -0.39 is 19.1 Å². The van der Waals surface area contributed by atoms with Crippen molar-refractivity contribution < 1.29 is 13.4 Å². The third-order valence-corrected chi connectivity index (χ3v) is 12.9. The summed E-state index contributed by atoms with van der Waals surface area (Å²) in [6.07, 6.45) is -0.362. The van der Waals surface area contributed by atoms with Crippen LogP contribution in [0.4, 0.5) is 0 Å². The zero-order valence-electron chi connectivity index (χ0n) is 19.4. The molecule has 0 N–H and O–H groups in total. The van der Waals surface area contributed by atoms with E-state index in [0.29, 0.717) is 0 Å². The summed E-state index contributed by atoms with van der Waals surface area (Å²) in [5.41, 5.74) is 0.827. The lowest BCUT2D eigenvalue weighted by atomic mass is 10.2. The average Bonchev–Trinajstić information content (AvgIpc) is 3.59. The number of hydrogen-bond donors (Lipinski definition) is 0. The van der Waals surface area contributed by atoms with Crippen molar-refractivity contribution in [1.29, 1.82) is 0 Å². The van der Waals surface area contributed by atoms with E-state index in [1.807, 2.05) is 43.3 Å². The zero-order valence-corrected chi connectivity index (χ0v) is 21.3. The second kappa shape index (κ2) is 9.06. The number of rotatable bonds is 7. The highest BCUT2D eigenvalue weighted by molar-refractivity contribution is 7.85. The molecule has 0 aliphatic carbocycles. The maximum Gasteiger partial charge on any atom is 0.261 e. The number of benzene rings is 3. The van der Waals surface area contributed by atoms with Crippen LogP contribution in [0.15, 0.2) is 89.8 Å². The summed E-state index contributed by atoms with van der Waals surface area (Å²) in [7, 11) is -3.87. The molecule has 1 aliphatic rings. The quantitative estimate of drug-likeness (QED) is 0.373. The summed E-state index contributed by atoms with van der Waals surface area (Å²) >= 11 is 0. The van der Waals surface area contributed by atoms with Gasteiger partial charge in [0.15, 0.2) is 5.44 Å². The van der Waals surface area contributed by atoms with E-state index in [2.05, 4.69) is 76.2 Å². The van der Waals surface area contributed by atoms with E-state index in [-0.39, 0.29) is 22.7 Å². The van der Waals surface area contributed by atoms with Crippen molar-refractivity contribution in [2.45, 2.75) is 62.2 Å². The monoisotopic (exact) mass is 464 g/mol. The Bertz CT molecular complexity index is 1020. The maximum atomic E-state index is 13.1. The molecule has 3 aromatic rings. The fraction of sp³-hybridized carbons (Fsp3) is 0.333. The minimum atomic E-state index is -2.67. The van der Waals surface area contributed by atoms with Gasteiger partial charge < -0.3 is 9.16 Å². The fourth-order valence-corrected chi connectivity index (χ4v) is 10.5. The average molecular weight is 465 g/mol. The first-order valence-electron chi connectivity index (χ1n) is 11.2. The van der Waals surface area contributed by atoms with E-state index >= 15 is 0 Å². The molecule has 1 aliphatic heterocycles. The van der Waals surface area contributed by atoms with Gasteiger partial charge in [0.2, 0.25) is 0 Å². The van der Waals surface area contributed by atoms with E-state index in [4.69, 9.17) is 9.16 Å². The Morgan fingerprint density at radius 3 is 1.84 bits per heavy atom. The first-order chi connectivity index (χ1) is 15.2. The van der Waals surface area contributed by atoms with Gasteiger partial charge in [-0.15, -0.1) is 0 Å². The van der Waals surface area contributed by atoms with Gasteiger partial charge >= 0.3 is 0 Å². The molecule has 0 aromatic heterocycles. The Morgan fingerprint density at radius 1 is 0.875 bits per heavy atom. The second-order valence-corrected chi connectivity index (χ2v) is 15.3. The summed E-state index contributed by atoms with van der Waals surface area (Å²) in [4.78, 5) is 0.806. The molecule has 4 atom stereocenters. The van der Waals surface area contributed by atoms with Gasteiger partial charge in [0.25, 0.3) is 8.32 Å². The van der Waals surface area contributed by atoms with E-state index in [1.54, 1.807) is 0 Å². The smallest absolute Gasteiger partial charge is 0.261 e. The van der Waals surface area contributed by atoms with Crippen LogP contribution in [0, 0.1) is 6.92 Å². The number of epoxide rings is 1. The number of aryl methyl sites for hydroxylation is 1. The Kier molecular flexibility index (Phi) is 6.55. The van der Waals surface area contributed by atoms with Crippen LogP contribution in [0.25, 0.3) is 0 Å². The molecule has 0 saturated carbocycles. The van der Waals surface area contributed by atoms with Crippen molar-refractivity contribution >= 4 is 29.5 Å². The molecule has 1 heterocycles. The normalized spacial score (nSPS) is 20.5. The van der Waals surface area contributed by atoms with Crippen LogP contribution in [-0.2, 0) is 20.0 Å². The van der Waals surface area contributed by atoms with Gasteiger partial charge in [-0.05, 0) is 41.4 Å². The number of ether oxygens (including phenoxy) is 1. The van der Waals surface area contributed by atoms with Crippen LogP contribution in [0.5, 0.6) is 0 Å². The molecule has 3 nitrogen and oxygen atoms in total. The van der Waals surface area contributed by atoms with Crippen molar-refractivity contribution in [3.8, 4) is 0 Å². The van der Waals surface area contributed by atoms with E-state index in [1.165, 1.54) is 10.4 Å². The van der Waals surface area contributed by atoms with Crippen LogP contribution in [0.1, 0.15) is 33.3 Å². The van der Waals surface area contributed by atoms with Crippen LogP contribution in [0.2, 0.25) is 5.04 Å². The third kappa shape index (κ3) is 4.40. The molecule has 0 spiro atoms. The molecule has 0 amide bonds. The largest absolute Gasteiger partial charge is 0.402 e. The summed E-state index contributed by atoms with van der Waals surface area (Å²) in [6, 6.07) is 29.0. The molecule has 0 unspecified atom stereocenters. The van der Waals surface area contributed by atoms with Gasteiger partial charge in [0, 0.05) is 4.90 Å².